The Hall–Kier alpha value is -2.00. The zero-order valence-electron chi connectivity index (χ0n) is 14.3. The Morgan fingerprint density at radius 2 is 1.32 bits per heavy atom. The van der Waals surface area contributed by atoms with Gasteiger partial charge in [-0.1, -0.05) is 6.08 Å². The van der Waals surface area contributed by atoms with Gasteiger partial charge in [-0.25, -0.2) is 0 Å². The third kappa shape index (κ3) is 11.2. The van der Waals surface area contributed by atoms with Gasteiger partial charge < -0.3 is 23.7 Å². The fourth-order valence-electron chi connectivity index (χ4n) is 1.71. The molecule has 0 atom stereocenters. The molecule has 0 aliphatic rings. The van der Waals surface area contributed by atoms with Crippen molar-refractivity contribution < 1.29 is 28.6 Å². The van der Waals surface area contributed by atoms with Gasteiger partial charge >= 0.3 is 0 Å². The van der Waals surface area contributed by atoms with Crippen molar-refractivity contribution in [1.29, 1.82) is 0 Å². The van der Waals surface area contributed by atoms with E-state index in [-0.39, 0.29) is 5.69 Å². The molecule has 0 radical (unpaired) electrons. The Kier molecular flexibility index (Phi) is 12.1. The highest BCUT2D eigenvalue weighted by Crippen LogP contribution is 2.16. The number of ether oxygens (including phenoxy) is 5. The molecule has 0 fully saturated rings. The molecule has 1 aromatic rings. The van der Waals surface area contributed by atoms with Crippen molar-refractivity contribution >= 4 is 5.69 Å². The van der Waals surface area contributed by atoms with E-state index in [2.05, 4.69) is 6.58 Å². The number of non-ortho nitro benzene ring substituents is 1. The quantitative estimate of drug-likeness (QED) is 0.194. The summed E-state index contributed by atoms with van der Waals surface area (Å²) in [5, 5.41) is 10.5. The number of nitrogens with zero attached hydrogens (tertiary/aromatic N) is 1. The van der Waals surface area contributed by atoms with Crippen LogP contribution in [0.15, 0.2) is 36.9 Å². The monoisotopic (exact) mass is 355 g/mol. The van der Waals surface area contributed by atoms with E-state index in [1.54, 1.807) is 18.2 Å². The van der Waals surface area contributed by atoms with Gasteiger partial charge in [0, 0.05) is 12.1 Å². The lowest BCUT2D eigenvalue weighted by molar-refractivity contribution is -0.384. The normalized spacial score (nSPS) is 10.6. The van der Waals surface area contributed by atoms with Crippen molar-refractivity contribution in [2.45, 2.75) is 0 Å². The Labute approximate surface area is 147 Å². The van der Waals surface area contributed by atoms with E-state index >= 15 is 0 Å². The largest absolute Gasteiger partial charge is 0.491 e. The number of nitro benzene ring substituents is 1. The van der Waals surface area contributed by atoms with E-state index in [1.165, 1.54) is 12.1 Å². The van der Waals surface area contributed by atoms with Crippen molar-refractivity contribution in [2.75, 3.05) is 59.5 Å². The third-order valence-corrected chi connectivity index (χ3v) is 2.90. The fourth-order valence-corrected chi connectivity index (χ4v) is 1.71. The minimum Gasteiger partial charge on any atom is -0.491 e. The van der Waals surface area contributed by atoms with Crippen LogP contribution in [-0.4, -0.2) is 64.4 Å². The first kappa shape index (κ1) is 21.0. The smallest absolute Gasteiger partial charge is 0.269 e. The van der Waals surface area contributed by atoms with Crippen molar-refractivity contribution in [3.63, 3.8) is 0 Å². The van der Waals surface area contributed by atoms with Crippen LogP contribution < -0.4 is 4.74 Å². The highest BCUT2D eigenvalue weighted by molar-refractivity contribution is 5.35. The van der Waals surface area contributed by atoms with Crippen molar-refractivity contribution in [3.8, 4) is 5.75 Å². The first-order valence-corrected chi connectivity index (χ1v) is 8.03. The molecule has 0 aliphatic heterocycles. The molecule has 0 saturated carbocycles. The molecule has 140 valence electrons. The Morgan fingerprint density at radius 3 is 1.80 bits per heavy atom. The van der Waals surface area contributed by atoms with Gasteiger partial charge in [0.15, 0.2) is 0 Å². The van der Waals surface area contributed by atoms with Crippen LogP contribution in [0.3, 0.4) is 0 Å². The van der Waals surface area contributed by atoms with Crippen LogP contribution in [0.5, 0.6) is 5.75 Å². The third-order valence-electron chi connectivity index (χ3n) is 2.90. The summed E-state index contributed by atoms with van der Waals surface area (Å²) in [5.41, 5.74) is 0.0361. The molecule has 25 heavy (non-hydrogen) atoms. The van der Waals surface area contributed by atoms with Crippen LogP contribution >= 0.6 is 0 Å². The molecule has 0 spiro atoms. The Morgan fingerprint density at radius 1 is 0.840 bits per heavy atom. The molecule has 8 heteroatoms. The molecule has 0 saturated heterocycles. The first-order valence-electron chi connectivity index (χ1n) is 8.03. The van der Waals surface area contributed by atoms with Gasteiger partial charge in [-0.15, -0.1) is 6.58 Å². The van der Waals surface area contributed by atoms with Gasteiger partial charge in [-0.2, -0.15) is 0 Å². The summed E-state index contributed by atoms with van der Waals surface area (Å²) in [6.45, 7) is 7.91. The van der Waals surface area contributed by atoms with Crippen LogP contribution in [0.2, 0.25) is 0 Å². The fraction of sp³-hybridized carbons (Fsp3) is 0.529. The summed E-state index contributed by atoms with van der Waals surface area (Å²) in [7, 11) is 0. The number of hydrogen-bond acceptors (Lipinski definition) is 7. The van der Waals surface area contributed by atoms with E-state index in [4.69, 9.17) is 23.7 Å². The van der Waals surface area contributed by atoms with Gasteiger partial charge in [0.1, 0.15) is 12.4 Å². The number of benzene rings is 1. The predicted molar refractivity (Wildman–Crippen MR) is 92.1 cm³/mol. The second-order valence-electron chi connectivity index (χ2n) is 4.80. The van der Waals surface area contributed by atoms with Crippen LogP contribution in [-0.2, 0) is 18.9 Å². The van der Waals surface area contributed by atoms with Gasteiger partial charge in [0.05, 0.1) is 57.8 Å². The van der Waals surface area contributed by atoms with E-state index in [9.17, 15) is 10.1 Å². The van der Waals surface area contributed by atoms with Crippen molar-refractivity contribution in [1.82, 2.24) is 0 Å². The number of rotatable bonds is 16. The van der Waals surface area contributed by atoms with E-state index < -0.39 is 4.92 Å². The zero-order valence-corrected chi connectivity index (χ0v) is 14.3. The first-order chi connectivity index (χ1) is 12.2. The molecule has 0 aliphatic carbocycles. The second kappa shape index (κ2) is 14.4. The van der Waals surface area contributed by atoms with E-state index in [1.807, 2.05) is 0 Å². The molecule has 1 rings (SSSR count). The lowest BCUT2D eigenvalue weighted by atomic mass is 10.3. The van der Waals surface area contributed by atoms with Crippen LogP contribution in [0, 0.1) is 10.1 Å². The average molecular weight is 355 g/mol. The van der Waals surface area contributed by atoms with Crippen LogP contribution in [0.4, 0.5) is 5.69 Å². The summed E-state index contributed by atoms with van der Waals surface area (Å²) < 4.78 is 26.6. The number of hydrogen-bond donors (Lipinski definition) is 0. The van der Waals surface area contributed by atoms with Crippen LogP contribution in [0.25, 0.3) is 0 Å². The zero-order chi connectivity index (χ0) is 18.2. The highest BCUT2D eigenvalue weighted by Gasteiger charge is 2.04. The topological polar surface area (TPSA) is 89.3 Å². The summed E-state index contributed by atoms with van der Waals surface area (Å²) in [5.74, 6) is 0.569. The average Bonchev–Trinajstić information content (AvgIpc) is 2.62. The van der Waals surface area contributed by atoms with E-state index in [0.29, 0.717) is 65.2 Å². The molecule has 0 amide bonds. The summed E-state index contributed by atoms with van der Waals surface area (Å²) >= 11 is 0. The maximum Gasteiger partial charge on any atom is 0.269 e. The van der Waals surface area contributed by atoms with Gasteiger partial charge in [0.25, 0.3) is 5.69 Å². The van der Waals surface area contributed by atoms with Crippen LogP contribution in [0.1, 0.15) is 0 Å². The standard InChI is InChI=1S/C17H25NO7/c1-2-7-21-8-9-22-10-11-23-12-13-24-14-15-25-17-5-3-16(4-6-17)18(19)20/h2-6H,1,7-15H2. The lowest BCUT2D eigenvalue weighted by Crippen LogP contribution is -2.13. The highest BCUT2D eigenvalue weighted by atomic mass is 16.6. The minimum atomic E-state index is -0.450. The Bertz CT molecular complexity index is 478. The molecule has 0 heterocycles. The molecule has 1 aromatic carbocycles. The summed E-state index contributed by atoms with van der Waals surface area (Å²) in [4.78, 5) is 10.1. The Balaban J connectivity index is 1.86. The van der Waals surface area contributed by atoms with Gasteiger partial charge in [0.2, 0.25) is 0 Å². The molecule has 0 aromatic heterocycles. The predicted octanol–water partition coefficient (Wildman–Crippen LogP) is 2.23. The summed E-state index contributed by atoms with van der Waals surface area (Å²) in [6, 6.07) is 5.92. The maximum absolute atomic E-state index is 10.5. The SMILES string of the molecule is C=CCOCCOCCOCCOCCOc1ccc([N+](=O)[O-])cc1. The van der Waals surface area contributed by atoms with Gasteiger partial charge in [-0.05, 0) is 12.1 Å². The molecule has 0 N–H and O–H groups in total. The number of nitro groups is 1. The summed E-state index contributed by atoms with van der Waals surface area (Å²) in [6.07, 6.45) is 1.69. The van der Waals surface area contributed by atoms with Crippen molar-refractivity contribution in [2.24, 2.45) is 0 Å². The van der Waals surface area contributed by atoms with E-state index in [0.717, 1.165) is 0 Å². The van der Waals surface area contributed by atoms with Crippen molar-refractivity contribution in [3.05, 3.63) is 47.0 Å². The molecular weight excluding hydrogens is 330 g/mol. The van der Waals surface area contributed by atoms with Gasteiger partial charge in [-0.3, -0.25) is 10.1 Å². The molecule has 0 unspecified atom stereocenters. The minimum absolute atomic E-state index is 0.0361. The molecule has 8 nitrogen and oxygen atoms in total. The molecule has 0 bridgehead atoms. The second-order valence-corrected chi connectivity index (χ2v) is 4.80. The molecular formula is C17H25NO7. The maximum atomic E-state index is 10.5. The lowest BCUT2D eigenvalue weighted by Gasteiger charge is -2.08.